The molecule has 0 aromatic carbocycles. The van der Waals surface area contributed by atoms with E-state index in [1.807, 2.05) is 5.38 Å². The summed E-state index contributed by atoms with van der Waals surface area (Å²) in [5.41, 5.74) is 19.4. The minimum atomic E-state index is -0.00164. The second-order valence-electron chi connectivity index (χ2n) is 2.88. The van der Waals surface area contributed by atoms with E-state index in [1.54, 1.807) is 5.51 Å². The van der Waals surface area contributed by atoms with E-state index in [0.29, 0.717) is 11.7 Å². The van der Waals surface area contributed by atoms with E-state index in [2.05, 4.69) is 15.0 Å². The van der Waals surface area contributed by atoms with Crippen LogP contribution in [0.4, 0.5) is 5.13 Å². The van der Waals surface area contributed by atoms with Crippen molar-refractivity contribution >= 4 is 58.6 Å². The maximum absolute atomic E-state index is 5.60. The Bertz CT molecular complexity index is 519. The van der Waals surface area contributed by atoms with Crippen LogP contribution < -0.4 is 17.2 Å². The lowest BCUT2D eigenvalue weighted by atomic mass is 10.3. The van der Waals surface area contributed by atoms with Gasteiger partial charge in [0.2, 0.25) is 5.13 Å². The minimum Gasteiger partial charge on any atom is -0.370 e. The van der Waals surface area contributed by atoms with Crippen molar-refractivity contribution in [1.82, 2.24) is 9.97 Å². The molecule has 6 N–H and O–H groups in total. The van der Waals surface area contributed by atoms with Gasteiger partial charge in [0.1, 0.15) is 11.4 Å². The van der Waals surface area contributed by atoms with Crippen LogP contribution in [-0.2, 0) is 6.54 Å². The van der Waals surface area contributed by atoms with Gasteiger partial charge in [0.25, 0.3) is 0 Å². The molecule has 0 aliphatic heterocycles. The minimum absolute atomic E-state index is 0. The SMILES string of the molecule is Cl.Cl.NCc1scnc1-c1csc(N=C(N)N)n1. The summed E-state index contributed by atoms with van der Waals surface area (Å²) in [6, 6.07) is 0. The fourth-order valence-corrected chi connectivity index (χ4v) is 2.50. The highest BCUT2D eigenvalue weighted by Gasteiger charge is 2.11. The topological polar surface area (TPSA) is 116 Å². The Labute approximate surface area is 124 Å². The Kier molecular flexibility index (Phi) is 7.11. The molecule has 0 amide bonds. The summed E-state index contributed by atoms with van der Waals surface area (Å²) >= 11 is 2.87. The van der Waals surface area contributed by atoms with E-state index in [-0.39, 0.29) is 30.8 Å². The number of nitrogens with zero attached hydrogens (tertiary/aromatic N) is 3. The number of nitrogens with two attached hydrogens (primary N) is 3. The molecule has 0 radical (unpaired) electrons. The molecular formula is C8H12Cl2N6S2. The Morgan fingerprint density at radius 2 is 2.00 bits per heavy atom. The third kappa shape index (κ3) is 3.79. The van der Waals surface area contributed by atoms with Crippen LogP contribution in [0.5, 0.6) is 0 Å². The first-order chi connectivity index (χ1) is 7.70. The van der Waals surface area contributed by atoms with Crippen LogP contribution in [0.1, 0.15) is 4.88 Å². The number of hydrogen-bond acceptors (Lipinski definition) is 6. The molecule has 0 saturated carbocycles. The highest BCUT2D eigenvalue weighted by atomic mass is 35.5. The molecule has 0 saturated heterocycles. The van der Waals surface area contributed by atoms with Gasteiger partial charge in [-0.2, -0.15) is 4.99 Å². The molecule has 0 spiro atoms. The largest absolute Gasteiger partial charge is 0.370 e. The van der Waals surface area contributed by atoms with Gasteiger partial charge in [0, 0.05) is 16.8 Å². The molecule has 18 heavy (non-hydrogen) atoms. The van der Waals surface area contributed by atoms with Gasteiger partial charge in [-0.1, -0.05) is 0 Å². The molecule has 0 aliphatic carbocycles. The number of hydrogen-bond donors (Lipinski definition) is 3. The van der Waals surface area contributed by atoms with Crippen molar-refractivity contribution in [2.75, 3.05) is 0 Å². The fraction of sp³-hybridized carbons (Fsp3) is 0.125. The number of aliphatic imine (C=N–C) groups is 1. The summed E-state index contributed by atoms with van der Waals surface area (Å²) in [7, 11) is 0. The van der Waals surface area contributed by atoms with Crippen LogP contribution in [0.25, 0.3) is 11.4 Å². The molecular weight excluding hydrogens is 315 g/mol. The van der Waals surface area contributed by atoms with E-state index in [0.717, 1.165) is 16.3 Å². The number of rotatable bonds is 3. The summed E-state index contributed by atoms with van der Waals surface area (Å²) in [5, 5.41) is 2.38. The van der Waals surface area contributed by atoms with Gasteiger partial charge in [-0.15, -0.1) is 47.5 Å². The van der Waals surface area contributed by atoms with Crippen LogP contribution >= 0.6 is 47.5 Å². The Hall–Kier alpha value is -0.930. The number of aromatic nitrogens is 2. The van der Waals surface area contributed by atoms with Crippen molar-refractivity contribution in [2.45, 2.75) is 6.54 Å². The first-order valence-corrected chi connectivity index (χ1v) is 6.14. The van der Waals surface area contributed by atoms with E-state index < -0.39 is 0 Å². The maximum Gasteiger partial charge on any atom is 0.212 e. The molecule has 6 nitrogen and oxygen atoms in total. The van der Waals surface area contributed by atoms with Crippen LogP contribution in [0.15, 0.2) is 15.9 Å². The molecule has 0 atom stereocenters. The average Bonchev–Trinajstić information content (AvgIpc) is 2.83. The van der Waals surface area contributed by atoms with Crippen molar-refractivity contribution in [3.8, 4) is 11.4 Å². The summed E-state index contributed by atoms with van der Waals surface area (Å²) in [6.07, 6.45) is 0. The molecule has 100 valence electrons. The normalized spacial score (nSPS) is 9.17. The van der Waals surface area contributed by atoms with Gasteiger partial charge in [-0.05, 0) is 0 Å². The third-order valence-corrected chi connectivity index (χ3v) is 3.38. The molecule has 0 aliphatic rings. The van der Waals surface area contributed by atoms with Crippen molar-refractivity contribution in [2.24, 2.45) is 22.2 Å². The van der Waals surface area contributed by atoms with E-state index in [4.69, 9.17) is 17.2 Å². The van der Waals surface area contributed by atoms with Gasteiger partial charge < -0.3 is 17.2 Å². The Balaban J connectivity index is 0.00000144. The standard InChI is InChI=1S/C8H10N6S2.2ClH/c9-1-5-6(12-3-16-5)4-2-15-8(13-4)14-7(10)11;;/h2-3H,1,9H2,(H4,10,11,13,14);2*1H. The predicted molar refractivity (Wildman–Crippen MR) is 81.1 cm³/mol. The lowest BCUT2D eigenvalue weighted by Crippen LogP contribution is -2.21. The summed E-state index contributed by atoms with van der Waals surface area (Å²) in [5.74, 6) is -0.00164. The van der Waals surface area contributed by atoms with Gasteiger partial charge in [-0.3, -0.25) is 0 Å². The highest BCUT2D eigenvalue weighted by Crippen LogP contribution is 2.29. The second-order valence-corrected chi connectivity index (χ2v) is 4.66. The molecule has 2 rings (SSSR count). The third-order valence-electron chi connectivity index (χ3n) is 1.79. The lowest BCUT2D eigenvalue weighted by molar-refractivity contribution is 1.09. The van der Waals surface area contributed by atoms with Gasteiger partial charge in [-0.25, -0.2) is 9.97 Å². The van der Waals surface area contributed by atoms with Crippen LogP contribution in [0.2, 0.25) is 0 Å². The molecule has 0 fully saturated rings. The van der Waals surface area contributed by atoms with Gasteiger partial charge in [0.15, 0.2) is 5.96 Å². The Morgan fingerprint density at radius 1 is 1.28 bits per heavy atom. The quantitative estimate of drug-likeness (QED) is 0.583. The zero-order chi connectivity index (χ0) is 11.5. The van der Waals surface area contributed by atoms with Crippen molar-refractivity contribution < 1.29 is 0 Å². The summed E-state index contributed by atoms with van der Waals surface area (Å²) < 4.78 is 0. The van der Waals surface area contributed by atoms with Gasteiger partial charge >= 0.3 is 0 Å². The van der Waals surface area contributed by atoms with Gasteiger partial charge in [0.05, 0.1) is 5.51 Å². The highest BCUT2D eigenvalue weighted by molar-refractivity contribution is 7.13. The van der Waals surface area contributed by atoms with E-state index in [9.17, 15) is 0 Å². The first kappa shape index (κ1) is 17.1. The van der Waals surface area contributed by atoms with Crippen LogP contribution in [-0.4, -0.2) is 15.9 Å². The molecule has 2 aromatic rings. The number of guanidine groups is 1. The van der Waals surface area contributed by atoms with E-state index >= 15 is 0 Å². The number of thiazole rings is 2. The zero-order valence-electron chi connectivity index (χ0n) is 9.07. The molecule has 2 heterocycles. The monoisotopic (exact) mass is 326 g/mol. The second kappa shape index (κ2) is 7.49. The van der Waals surface area contributed by atoms with Crippen LogP contribution in [0.3, 0.4) is 0 Å². The number of halogens is 2. The lowest BCUT2D eigenvalue weighted by Gasteiger charge is -1.93. The first-order valence-electron chi connectivity index (χ1n) is 4.38. The average molecular weight is 327 g/mol. The molecule has 10 heteroatoms. The zero-order valence-corrected chi connectivity index (χ0v) is 12.3. The van der Waals surface area contributed by atoms with Crippen LogP contribution in [0, 0.1) is 0 Å². The maximum atomic E-state index is 5.60. The van der Waals surface area contributed by atoms with E-state index in [1.165, 1.54) is 22.7 Å². The summed E-state index contributed by atoms with van der Waals surface area (Å²) in [6.45, 7) is 0.454. The predicted octanol–water partition coefficient (Wildman–Crippen LogP) is 1.47. The molecule has 0 unspecified atom stereocenters. The van der Waals surface area contributed by atoms with Crippen molar-refractivity contribution in [1.29, 1.82) is 0 Å². The Morgan fingerprint density at radius 3 is 2.61 bits per heavy atom. The summed E-state index contributed by atoms with van der Waals surface area (Å²) in [4.78, 5) is 13.4. The van der Waals surface area contributed by atoms with Crippen molar-refractivity contribution in [3.63, 3.8) is 0 Å². The fourth-order valence-electron chi connectivity index (χ4n) is 1.16. The smallest absolute Gasteiger partial charge is 0.212 e. The molecule has 0 bridgehead atoms. The molecule has 2 aromatic heterocycles. The van der Waals surface area contributed by atoms with Crippen molar-refractivity contribution in [3.05, 3.63) is 15.8 Å².